The normalized spacial score (nSPS) is 15.5. The maximum atomic E-state index is 12.6. The number of rotatable bonds is 5. The van der Waals surface area contributed by atoms with E-state index < -0.39 is 36.1 Å². The number of hydroxylamine groups is 1. The van der Waals surface area contributed by atoms with Crippen molar-refractivity contribution in [1.29, 1.82) is 0 Å². The molecule has 11 nitrogen and oxygen atoms in total. The molecule has 1 atom stereocenters. The summed E-state index contributed by atoms with van der Waals surface area (Å²) in [6.07, 6.45) is 1.13. The van der Waals surface area contributed by atoms with Gasteiger partial charge in [0.05, 0.1) is 18.4 Å². The standard InChI is InChI=1S/C17H16N4O7/c1-20(2)15(23)9-4-3-5-11(13(9)17(25)26)28-21-10-6-18-8-19-14(10)27-12(7-22)16(21)24/h3-6,8,12,22H,7H2,1-2H3,(H,25,26). The molecule has 3 rings (SSSR count). The number of amides is 2. The first-order valence-corrected chi connectivity index (χ1v) is 8.02. The summed E-state index contributed by atoms with van der Waals surface area (Å²) in [5.74, 6) is -3.02. The van der Waals surface area contributed by atoms with Crippen LogP contribution in [-0.4, -0.2) is 69.7 Å². The molecule has 0 saturated carbocycles. The highest BCUT2D eigenvalue weighted by Crippen LogP contribution is 2.33. The molecule has 1 aromatic heterocycles. The van der Waals surface area contributed by atoms with E-state index in [4.69, 9.17) is 9.57 Å². The number of fused-ring (bicyclic) bond motifs is 1. The van der Waals surface area contributed by atoms with Crippen LogP contribution in [0.3, 0.4) is 0 Å². The Labute approximate surface area is 158 Å². The van der Waals surface area contributed by atoms with Gasteiger partial charge in [0.2, 0.25) is 12.0 Å². The molecule has 1 unspecified atom stereocenters. The largest absolute Gasteiger partial charge is 0.478 e. The molecule has 11 heteroatoms. The van der Waals surface area contributed by atoms with Crippen molar-refractivity contribution in [2.45, 2.75) is 6.10 Å². The Bertz CT molecular complexity index is 947. The first kappa shape index (κ1) is 19.0. The van der Waals surface area contributed by atoms with Gasteiger partial charge in [-0.15, -0.1) is 5.06 Å². The molecule has 0 saturated heterocycles. The smallest absolute Gasteiger partial charge is 0.340 e. The van der Waals surface area contributed by atoms with Crippen molar-refractivity contribution in [1.82, 2.24) is 14.9 Å². The highest BCUT2D eigenvalue weighted by atomic mass is 16.7. The van der Waals surface area contributed by atoms with Crippen LogP contribution in [0.2, 0.25) is 0 Å². The third kappa shape index (κ3) is 3.30. The number of aliphatic hydroxyl groups excluding tert-OH is 1. The average Bonchev–Trinajstić information content (AvgIpc) is 2.68. The van der Waals surface area contributed by atoms with Crippen LogP contribution in [0.25, 0.3) is 0 Å². The summed E-state index contributed by atoms with van der Waals surface area (Å²) >= 11 is 0. The second kappa shape index (κ2) is 7.48. The fourth-order valence-corrected chi connectivity index (χ4v) is 2.53. The molecular formula is C17H16N4O7. The maximum Gasteiger partial charge on any atom is 0.340 e. The minimum absolute atomic E-state index is 0.0222. The number of hydrogen-bond donors (Lipinski definition) is 2. The summed E-state index contributed by atoms with van der Waals surface area (Å²) in [6, 6.07) is 4.07. The Morgan fingerprint density at radius 2 is 2.11 bits per heavy atom. The Kier molecular flexibility index (Phi) is 5.09. The van der Waals surface area contributed by atoms with Gasteiger partial charge in [-0.2, -0.15) is 4.98 Å². The first-order valence-electron chi connectivity index (χ1n) is 8.02. The van der Waals surface area contributed by atoms with Crippen LogP contribution < -0.4 is 14.6 Å². The van der Waals surface area contributed by atoms with E-state index in [1.165, 1.54) is 49.7 Å². The summed E-state index contributed by atoms with van der Waals surface area (Å²) in [6.45, 7) is -0.646. The number of benzene rings is 1. The molecule has 0 radical (unpaired) electrons. The zero-order chi connectivity index (χ0) is 20.4. The molecule has 2 N–H and O–H groups in total. The van der Waals surface area contributed by atoms with Crippen LogP contribution in [0.5, 0.6) is 11.6 Å². The molecule has 0 bridgehead atoms. The minimum atomic E-state index is -1.41. The molecule has 1 aromatic carbocycles. The highest BCUT2D eigenvalue weighted by molar-refractivity contribution is 6.06. The highest BCUT2D eigenvalue weighted by Gasteiger charge is 2.38. The van der Waals surface area contributed by atoms with E-state index in [9.17, 15) is 24.6 Å². The van der Waals surface area contributed by atoms with E-state index in [1.807, 2.05) is 0 Å². The lowest BCUT2D eigenvalue weighted by Crippen LogP contribution is -2.49. The third-order valence-electron chi connectivity index (χ3n) is 3.84. The number of hydrogen-bond acceptors (Lipinski definition) is 8. The number of aromatic carboxylic acids is 1. The van der Waals surface area contributed by atoms with E-state index in [0.717, 1.165) is 5.06 Å². The van der Waals surface area contributed by atoms with Gasteiger partial charge in [0.25, 0.3) is 5.91 Å². The van der Waals surface area contributed by atoms with Crippen LogP contribution in [0.15, 0.2) is 30.7 Å². The van der Waals surface area contributed by atoms with Crippen molar-refractivity contribution in [3.8, 4) is 11.6 Å². The van der Waals surface area contributed by atoms with E-state index in [0.29, 0.717) is 0 Å². The number of nitrogens with zero attached hydrogens (tertiary/aromatic N) is 4. The lowest BCUT2D eigenvalue weighted by molar-refractivity contribution is -0.133. The predicted molar refractivity (Wildman–Crippen MR) is 93.1 cm³/mol. The van der Waals surface area contributed by atoms with Crippen LogP contribution in [0.4, 0.5) is 5.69 Å². The molecule has 0 aliphatic carbocycles. The van der Waals surface area contributed by atoms with Crippen LogP contribution >= 0.6 is 0 Å². The topological polar surface area (TPSA) is 142 Å². The molecule has 28 heavy (non-hydrogen) atoms. The van der Waals surface area contributed by atoms with Gasteiger partial charge < -0.3 is 24.7 Å². The number of carbonyl (C=O) groups is 3. The number of carboxylic acids is 1. The number of ether oxygens (including phenoxy) is 1. The van der Waals surface area contributed by atoms with Crippen molar-refractivity contribution in [3.63, 3.8) is 0 Å². The zero-order valence-corrected chi connectivity index (χ0v) is 14.9. The van der Waals surface area contributed by atoms with E-state index in [1.54, 1.807) is 0 Å². The number of carboxylic acid groups (broad SMARTS) is 1. The Balaban J connectivity index is 2.08. The van der Waals surface area contributed by atoms with Gasteiger partial charge in [-0.3, -0.25) is 9.59 Å². The minimum Gasteiger partial charge on any atom is -0.478 e. The van der Waals surface area contributed by atoms with E-state index >= 15 is 0 Å². The van der Waals surface area contributed by atoms with Gasteiger partial charge in [0.1, 0.15) is 11.9 Å². The third-order valence-corrected chi connectivity index (χ3v) is 3.84. The number of anilines is 1. The quantitative estimate of drug-likeness (QED) is 0.721. The average molecular weight is 388 g/mol. The van der Waals surface area contributed by atoms with Gasteiger partial charge in [-0.25, -0.2) is 9.78 Å². The second-order valence-electron chi connectivity index (χ2n) is 5.91. The monoisotopic (exact) mass is 388 g/mol. The zero-order valence-electron chi connectivity index (χ0n) is 14.9. The summed E-state index contributed by atoms with van der Waals surface area (Å²) in [4.78, 5) is 51.2. The van der Waals surface area contributed by atoms with Gasteiger partial charge in [0.15, 0.2) is 11.4 Å². The Morgan fingerprint density at radius 1 is 1.36 bits per heavy atom. The molecule has 2 heterocycles. The number of aromatic nitrogens is 2. The van der Waals surface area contributed by atoms with Crippen LogP contribution in [0.1, 0.15) is 20.7 Å². The Morgan fingerprint density at radius 3 is 2.75 bits per heavy atom. The van der Waals surface area contributed by atoms with Crippen molar-refractivity contribution >= 4 is 23.5 Å². The van der Waals surface area contributed by atoms with E-state index in [2.05, 4.69) is 9.97 Å². The fourth-order valence-electron chi connectivity index (χ4n) is 2.53. The van der Waals surface area contributed by atoms with Crippen molar-refractivity contribution in [2.75, 3.05) is 25.8 Å². The first-order chi connectivity index (χ1) is 13.3. The lowest BCUT2D eigenvalue weighted by Gasteiger charge is -2.31. The number of aliphatic hydroxyl groups is 1. The summed E-state index contributed by atoms with van der Waals surface area (Å²) < 4.78 is 5.28. The van der Waals surface area contributed by atoms with Crippen LogP contribution in [0, 0.1) is 0 Å². The SMILES string of the molecule is CN(C)C(=O)c1cccc(ON2C(=O)C(CO)Oc3ncncc32)c1C(=O)O. The van der Waals surface area contributed by atoms with Crippen molar-refractivity contribution < 1.29 is 34.2 Å². The summed E-state index contributed by atoms with van der Waals surface area (Å²) in [5, 5.41) is 19.7. The molecule has 1 aliphatic heterocycles. The van der Waals surface area contributed by atoms with Crippen LogP contribution in [-0.2, 0) is 4.79 Å². The van der Waals surface area contributed by atoms with Gasteiger partial charge in [-0.1, -0.05) is 6.07 Å². The Hall–Kier alpha value is -3.73. The predicted octanol–water partition coefficient (Wildman–Crippen LogP) is -0.0431. The van der Waals surface area contributed by atoms with Gasteiger partial charge in [0, 0.05) is 14.1 Å². The van der Waals surface area contributed by atoms with Crippen molar-refractivity contribution in [3.05, 3.63) is 41.9 Å². The molecule has 0 spiro atoms. The molecule has 1 aliphatic rings. The van der Waals surface area contributed by atoms with Gasteiger partial charge in [-0.05, 0) is 12.1 Å². The summed E-state index contributed by atoms with van der Waals surface area (Å²) in [5.41, 5.74) is -0.503. The second-order valence-corrected chi connectivity index (χ2v) is 5.91. The lowest BCUT2D eigenvalue weighted by atomic mass is 10.1. The molecular weight excluding hydrogens is 372 g/mol. The van der Waals surface area contributed by atoms with Gasteiger partial charge >= 0.3 is 11.9 Å². The molecule has 2 amide bonds. The molecule has 146 valence electrons. The fraction of sp³-hybridized carbons (Fsp3) is 0.235. The molecule has 0 fully saturated rings. The van der Waals surface area contributed by atoms with E-state index in [-0.39, 0.29) is 22.9 Å². The molecule has 2 aromatic rings. The maximum absolute atomic E-state index is 12.6. The summed E-state index contributed by atoms with van der Waals surface area (Å²) in [7, 11) is 2.96. The van der Waals surface area contributed by atoms with Crippen molar-refractivity contribution in [2.24, 2.45) is 0 Å². The number of carbonyl (C=O) groups excluding carboxylic acids is 2.